The lowest BCUT2D eigenvalue weighted by molar-refractivity contribution is -0.901. The molecule has 0 spiro atoms. The van der Waals surface area contributed by atoms with Crippen LogP contribution in [-0.2, 0) is 6.42 Å². The Bertz CT molecular complexity index is 209. The van der Waals surface area contributed by atoms with Crippen molar-refractivity contribution in [3.8, 4) is 0 Å². The van der Waals surface area contributed by atoms with Crippen molar-refractivity contribution in [1.29, 1.82) is 0 Å². The van der Waals surface area contributed by atoms with Crippen LogP contribution in [0.4, 0.5) is 0 Å². The lowest BCUT2D eigenvalue weighted by atomic mass is 10.2. The number of fused-ring (bicyclic) bond motifs is 1. The van der Waals surface area contributed by atoms with E-state index >= 15 is 0 Å². The van der Waals surface area contributed by atoms with Gasteiger partial charge in [0.2, 0.25) is 11.9 Å². The van der Waals surface area contributed by atoms with Crippen molar-refractivity contribution < 1.29 is 9.57 Å². The minimum Gasteiger partial charge on any atom is -0.271 e. The van der Waals surface area contributed by atoms with Crippen molar-refractivity contribution in [2.24, 2.45) is 0 Å². The molecule has 0 fully saturated rings. The fraction of sp³-hybridized carbons (Fsp3) is 0.375. The predicted octanol–water partition coefficient (Wildman–Crippen LogP) is 0.349. The van der Waals surface area contributed by atoms with Crippen molar-refractivity contribution in [1.82, 2.24) is 0 Å². The van der Waals surface area contributed by atoms with E-state index < -0.39 is 0 Å². The van der Waals surface area contributed by atoms with Gasteiger partial charge in [-0.3, -0.25) is 4.84 Å². The average molecular weight is 136 g/mol. The Balaban J connectivity index is 2.41. The molecule has 0 aromatic carbocycles. The molecule has 0 N–H and O–H groups in total. The molecule has 1 aromatic rings. The lowest BCUT2D eigenvalue weighted by Gasteiger charge is -2.06. The highest BCUT2D eigenvalue weighted by molar-refractivity contribution is 4.97. The van der Waals surface area contributed by atoms with E-state index in [4.69, 9.17) is 4.84 Å². The van der Waals surface area contributed by atoms with E-state index in [-0.39, 0.29) is 0 Å². The van der Waals surface area contributed by atoms with Crippen LogP contribution in [0.2, 0.25) is 0 Å². The summed E-state index contributed by atoms with van der Waals surface area (Å²) in [5, 5.41) is 0. The smallest absolute Gasteiger partial charge is 0.234 e. The highest BCUT2D eigenvalue weighted by Gasteiger charge is 2.15. The Morgan fingerprint density at radius 2 is 2.40 bits per heavy atom. The van der Waals surface area contributed by atoms with Crippen molar-refractivity contribution in [3.05, 3.63) is 30.1 Å². The molecule has 1 aromatic heterocycles. The summed E-state index contributed by atoms with van der Waals surface area (Å²) in [7, 11) is 0. The third-order valence-corrected chi connectivity index (χ3v) is 1.71. The molecule has 0 atom stereocenters. The third-order valence-electron chi connectivity index (χ3n) is 1.71. The summed E-state index contributed by atoms with van der Waals surface area (Å²) in [6.45, 7) is 0.849. The fourth-order valence-electron chi connectivity index (χ4n) is 1.20. The normalized spacial score (nSPS) is 15.6. The summed E-state index contributed by atoms with van der Waals surface area (Å²) in [6.07, 6.45) is 4.24. The highest BCUT2D eigenvalue weighted by atomic mass is 16.7. The Labute approximate surface area is 60.0 Å². The van der Waals surface area contributed by atoms with Gasteiger partial charge in [-0.15, -0.1) is 0 Å². The maximum atomic E-state index is 5.34. The van der Waals surface area contributed by atoms with E-state index in [2.05, 4.69) is 6.07 Å². The van der Waals surface area contributed by atoms with E-state index in [1.807, 2.05) is 23.1 Å². The predicted molar refractivity (Wildman–Crippen MR) is 36.4 cm³/mol. The molecule has 1 aliphatic heterocycles. The summed E-state index contributed by atoms with van der Waals surface area (Å²) in [6, 6.07) is 6.12. The van der Waals surface area contributed by atoms with Crippen LogP contribution in [0.3, 0.4) is 0 Å². The van der Waals surface area contributed by atoms with Gasteiger partial charge in [-0.25, -0.2) is 0 Å². The first-order chi connectivity index (χ1) is 4.97. The van der Waals surface area contributed by atoms with Gasteiger partial charge in [-0.2, -0.15) is 0 Å². The second-order valence-corrected chi connectivity index (χ2v) is 2.45. The van der Waals surface area contributed by atoms with Crippen molar-refractivity contribution >= 4 is 0 Å². The molecule has 10 heavy (non-hydrogen) atoms. The minimum atomic E-state index is 0.849. The van der Waals surface area contributed by atoms with Crippen LogP contribution < -0.4 is 9.57 Å². The zero-order chi connectivity index (χ0) is 6.81. The van der Waals surface area contributed by atoms with Crippen LogP contribution in [0.15, 0.2) is 24.4 Å². The summed E-state index contributed by atoms with van der Waals surface area (Å²) in [5.74, 6) is 0. The summed E-state index contributed by atoms with van der Waals surface area (Å²) >= 11 is 0. The van der Waals surface area contributed by atoms with Crippen LogP contribution in [0.25, 0.3) is 0 Å². The first-order valence-corrected chi connectivity index (χ1v) is 3.60. The van der Waals surface area contributed by atoms with Crippen LogP contribution in [-0.4, -0.2) is 6.61 Å². The Morgan fingerprint density at radius 1 is 1.40 bits per heavy atom. The van der Waals surface area contributed by atoms with E-state index in [0.29, 0.717) is 0 Å². The molecular weight excluding hydrogens is 126 g/mol. The van der Waals surface area contributed by atoms with Gasteiger partial charge in [0, 0.05) is 23.3 Å². The topological polar surface area (TPSA) is 13.1 Å². The number of aromatic nitrogens is 1. The van der Waals surface area contributed by atoms with Crippen molar-refractivity contribution in [2.75, 3.05) is 6.61 Å². The van der Waals surface area contributed by atoms with Crippen LogP contribution in [0.5, 0.6) is 0 Å². The molecule has 0 radical (unpaired) electrons. The molecule has 0 amide bonds. The molecule has 2 heterocycles. The third kappa shape index (κ3) is 0.856. The molecule has 0 saturated carbocycles. The maximum absolute atomic E-state index is 5.34. The molecule has 0 bridgehead atoms. The number of hydrogen-bond donors (Lipinski definition) is 0. The zero-order valence-electron chi connectivity index (χ0n) is 5.79. The standard InChI is InChI=1S/C8H10NO/c1-2-6-9-8(4-1)5-3-7-10-9/h1-2,4,6H,3,5,7H2/q+1. The first kappa shape index (κ1) is 5.71. The molecule has 1 aliphatic rings. The number of rotatable bonds is 0. The van der Waals surface area contributed by atoms with Gasteiger partial charge >= 0.3 is 0 Å². The lowest BCUT2D eigenvalue weighted by Crippen LogP contribution is -2.49. The van der Waals surface area contributed by atoms with Crippen molar-refractivity contribution in [3.63, 3.8) is 0 Å². The SMILES string of the molecule is c1cc[n+]2c(c1)CCCO2. The van der Waals surface area contributed by atoms with Crippen LogP contribution in [0.1, 0.15) is 12.1 Å². The van der Waals surface area contributed by atoms with Gasteiger partial charge in [-0.1, -0.05) is 0 Å². The van der Waals surface area contributed by atoms with E-state index in [9.17, 15) is 0 Å². The van der Waals surface area contributed by atoms with Crippen LogP contribution >= 0.6 is 0 Å². The molecule has 0 unspecified atom stereocenters. The fourth-order valence-corrected chi connectivity index (χ4v) is 1.20. The van der Waals surface area contributed by atoms with E-state index in [0.717, 1.165) is 19.4 Å². The second-order valence-electron chi connectivity index (χ2n) is 2.45. The van der Waals surface area contributed by atoms with Crippen LogP contribution in [0, 0.1) is 0 Å². The first-order valence-electron chi connectivity index (χ1n) is 3.60. The molecule has 0 aliphatic carbocycles. The molecule has 2 rings (SSSR count). The number of pyridine rings is 1. The van der Waals surface area contributed by atoms with Gasteiger partial charge < -0.3 is 0 Å². The molecule has 2 heteroatoms. The van der Waals surface area contributed by atoms with Gasteiger partial charge in [0.25, 0.3) is 0 Å². The van der Waals surface area contributed by atoms with E-state index in [1.54, 1.807) is 0 Å². The van der Waals surface area contributed by atoms with Gasteiger partial charge in [0.05, 0.1) is 0 Å². The molecule has 2 nitrogen and oxygen atoms in total. The highest BCUT2D eigenvalue weighted by Crippen LogP contribution is 1.99. The van der Waals surface area contributed by atoms with E-state index in [1.165, 1.54) is 5.69 Å². The van der Waals surface area contributed by atoms with Gasteiger partial charge in [-0.05, 0) is 12.5 Å². The average Bonchev–Trinajstić information content (AvgIpc) is 2.05. The zero-order valence-corrected chi connectivity index (χ0v) is 5.79. The monoisotopic (exact) mass is 136 g/mol. The van der Waals surface area contributed by atoms with Gasteiger partial charge in [0.1, 0.15) is 0 Å². The molecule has 0 saturated heterocycles. The second kappa shape index (κ2) is 2.29. The number of nitrogens with zero attached hydrogens (tertiary/aromatic N) is 1. The Morgan fingerprint density at radius 3 is 3.30 bits per heavy atom. The summed E-state index contributed by atoms with van der Waals surface area (Å²) < 4.78 is 1.85. The molecular formula is C8H10NO+. The summed E-state index contributed by atoms with van der Waals surface area (Å²) in [5.41, 5.74) is 1.27. The Kier molecular flexibility index (Phi) is 1.31. The maximum Gasteiger partial charge on any atom is 0.234 e. The Hall–Kier alpha value is -1.05. The summed E-state index contributed by atoms with van der Waals surface area (Å²) in [4.78, 5) is 5.34. The minimum absolute atomic E-state index is 0.849. The quantitative estimate of drug-likeness (QED) is 0.469. The number of hydrogen-bond acceptors (Lipinski definition) is 1. The van der Waals surface area contributed by atoms with Crippen molar-refractivity contribution in [2.45, 2.75) is 12.8 Å². The van der Waals surface area contributed by atoms with Gasteiger partial charge in [0.15, 0.2) is 6.61 Å². The largest absolute Gasteiger partial charge is 0.271 e. The molecule has 52 valence electrons. The number of aryl methyl sites for hydroxylation is 1.